The predicted octanol–water partition coefficient (Wildman–Crippen LogP) is 2.24. The largest absolute Gasteiger partial charge is 0.462 e. The third-order valence-electron chi connectivity index (χ3n) is 3.94. The molecule has 6 nitrogen and oxygen atoms in total. The lowest BCUT2D eigenvalue weighted by Crippen LogP contribution is -2.12. The van der Waals surface area contributed by atoms with Gasteiger partial charge in [-0.15, -0.1) is 0 Å². The normalized spacial score (nSPS) is 13.6. The van der Waals surface area contributed by atoms with Crippen molar-refractivity contribution in [2.45, 2.75) is 25.9 Å². The minimum Gasteiger partial charge on any atom is -0.462 e. The quantitative estimate of drug-likeness (QED) is 0.742. The Labute approximate surface area is 144 Å². The zero-order chi connectivity index (χ0) is 17.6. The van der Waals surface area contributed by atoms with E-state index in [2.05, 4.69) is 9.97 Å². The van der Waals surface area contributed by atoms with Gasteiger partial charge in [0.15, 0.2) is 0 Å². The Morgan fingerprint density at radius 3 is 2.92 bits per heavy atom. The number of aromatic amines is 1. The maximum absolute atomic E-state index is 13.8. The Morgan fingerprint density at radius 2 is 2.20 bits per heavy atom. The molecule has 1 saturated carbocycles. The second-order valence-electron chi connectivity index (χ2n) is 6.08. The van der Waals surface area contributed by atoms with E-state index in [-0.39, 0.29) is 18.8 Å². The molecule has 0 radical (unpaired) electrons. The highest BCUT2D eigenvalue weighted by Crippen LogP contribution is 2.29. The maximum atomic E-state index is 13.8. The first-order valence-electron chi connectivity index (χ1n) is 8.19. The molecule has 1 aliphatic carbocycles. The van der Waals surface area contributed by atoms with Crippen molar-refractivity contribution in [3.63, 3.8) is 0 Å². The molecule has 0 amide bonds. The summed E-state index contributed by atoms with van der Waals surface area (Å²) in [6.45, 7) is 0.908. The number of hydrogen-bond acceptors (Lipinski definition) is 5. The molecular weight excluding hydrogens is 327 g/mol. The second kappa shape index (κ2) is 8.02. The fourth-order valence-electron chi connectivity index (χ4n) is 2.28. The molecule has 1 aromatic heterocycles. The van der Waals surface area contributed by atoms with Crippen LogP contribution < -0.4 is 5.69 Å². The molecule has 1 aliphatic rings. The van der Waals surface area contributed by atoms with Gasteiger partial charge in [0.25, 0.3) is 0 Å². The highest BCUT2D eigenvalue weighted by Gasteiger charge is 2.21. The molecule has 0 aliphatic heterocycles. The van der Waals surface area contributed by atoms with Gasteiger partial charge in [-0.3, -0.25) is 0 Å². The first kappa shape index (κ1) is 17.3. The van der Waals surface area contributed by atoms with E-state index in [9.17, 15) is 14.0 Å². The van der Waals surface area contributed by atoms with E-state index >= 15 is 0 Å². The van der Waals surface area contributed by atoms with Gasteiger partial charge in [-0.2, -0.15) is 0 Å². The topological polar surface area (TPSA) is 81.3 Å². The van der Waals surface area contributed by atoms with Crippen LogP contribution in [0.15, 0.2) is 35.4 Å². The van der Waals surface area contributed by atoms with E-state index in [1.807, 2.05) is 0 Å². The van der Waals surface area contributed by atoms with Gasteiger partial charge in [-0.25, -0.2) is 19.0 Å². The van der Waals surface area contributed by atoms with Crippen LogP contribution in [0.3, 0.4) is 0 Å². The molecule has 3 rings (SSSR count). The lowest BCUT2D eigenvalue weighted by atomic mass is 10.1. The van der Waals surface area contributed by atoms with Crippen LogP contribution in [0.2, 0.25) is 0 Å². The molecule has 1 N–H and O–H groups in total. The molecule has 1 heterocycles. The molecule has 7 heteroatoms. The van der Waals surface area contributed by atoms with Crippen molar-refractivity contribution in [3.05, 3.63) is 63.6 Å². The van der Waals surface area contributed by atoms with Crippen LogP contribution in [0.5, 0.6) is 0 Å². The average molecular weight is 346 g/mol. The summed E-state index contributed by atoms with van der Waals surface area (Å²) in [5.74, 6) is -0.328. The maximum Gasteiger partial charge on any atom is 0.344 e. The van der Waals surface area contributed by atoms with Crippen molar-refractivity contribution in [3.8, 4) is 0 Å². The summed E-state index contributed by atoms with van der Waals surface area (Å²) >= 11 is 0. The number of aromatic nitrogens is 2. The molecule has 0 spiro atoms. The van der Waals surface area contributed by atoms with Crippen LogP contribution in [0.1, 0.15) is 34.3 Å². The number of carbonyl (C=O) groups is 1. The molecule has 0 saturated heterocycles. The number of ether oxygens (including phenoxy) is 2. The van der Waals surface area contributed by atoms with E-state index in [4.69, 9.17) is 9.47 Å². The van der Waals surface area contributed by atoms with E-state index in [1.165, 1.54) is 43.4 Å². The van der Waals surface area contributed by atoms with Gasteiger partial charge in [0.05, 0.1) is 18.8 Å². The summed E-state index contributed by atoms with van der Waals surface area (Å²) in [4.78, 5) is 29.0. The van der Waals surface area contributed by atoms with E-state index in [0.717, 1.165) is 5.56 Å². The monoisotopic (exact) mass is 346 g/mol. The van der Waals surface area contributed by atoms with Gasteiger partial charge >= 0.3 is 11.7 Å². The summed E-state index contributed by atoms with van der Waals surface area (Å²) in [5.41, 5.74) is 0.954. The Balaban J connectivity index is 1.51. The summed E-state index contributed by atoms with van der Waals surface area (Å²) in [5, 5.41) is 0. The molecule has 0 bridgehead atoms. The van der Waals surface area contributed by atoms with Crippen molar-refractivity contribution >= 4 is 5.97 Å². The van der Waals surface area contributed by atoms with Crippen molar-refractivity contribution in [2.75, 3.05) is 13.2 Å². The number of carbonyl (C=O) groups excluding carboxylic acids is 1. The van der Waals surface area contributed by atoms with Crippen molar-refractivity contribution in [2.24, 2.45) is 5.92 Å². The molecular formula is C18H19FN2O4. The number of halogens is 1. The number of benzene rings is 1. The van der Waals surface area contributed by atoms with Crippen LogP contribution >= 0.6 is 0 Å². The van der Waals surface area contributed by atoms with Crippen LogP contribution in [-0.4, -0.2) is 29.2 Å². The number of hydrogen-bond donors (Lipinski definition) is 1. The summed E-state index contributed by atoms with van der Waals surface area (Å²) in [6.07, 6.45) is 5.71. The Kier molecular flexibility index (Phi) is 5.55. The van der Waals surface area contributed by atoms with Crippen LogP contribution in [-0.2, 0) is 22.5 Å². The zero-order valence-corrected chi connectivity index (χ0v) is 13.7. The van der Waals surface area contributed by atoms with E-state index < -0.39 is 17.5 Å². The van der Waals surface area contributed by atoms with Crippen LogP contribution in [0, 0.1) is 11.7 Å². The minimum absolute atomic E-state index is 0.136. The smallest absolute Gasteiger partial charge is 0.344 e. The van der Waals surface area contributed by atoms with Gasteiger partial charge in [0.1, 0.15) is 5.82 Å². The van der Waals surface area contributed by atoms with Gasteiger partial charge in [0.2, 0.25) is 0 Å². The predicted molar refractivity (Wildman–Crippen MR) is 87.6 cm³/mol. The summed E-state index contributed by atoms with van der Waals surface area (Å²) < 4.78 is 24.5. The number of H-pyrrole nitrogens is 1. The van der Waals surface area contributed by atoms with Gasteiger partial charge in [-0.05, 0) is 42.5 Å². The Morgan fingerprint density at radius 1 is 1.36 bits per heavy atom. The average Bonchev–Trinajstić information content (AvgIpc) is 3.42. The first-order valence-corrected chi connectivity index (χ1v) is 8.19. The van der Waals surface area contributed by atoms with Gasteiger partial charge in [0, 0.05) is 31.0 Å². The van der Waals surface area contributed by atoms with Crippen molar-refractivity contribution in [1.29, 1.82) is 0 Å². The molecule has 1 aromatic carbocycles. The minimum atomic E-state index is -0.527. The molecule has 132 valence electrons. The molecule has 1 fully saturated rings. The van der Waals surface area contributed by atoms with Crippen LogP contribution in [0.4, 0.5) is 4.39 Å². The molecule has 0 atom stereocenters. The highest BCUT2D eigenvalue weighted by atomic mass is 19.1. The third-order valence-corrected chi connectivity index (χ3v) is 3.94. The highest BCUT2D eigenvalue weighted by molar-refractivity contribution is 5.89. The fourth-order valence-corrected chi connectivity index (χ4v) is 2.28. The molecule has 25 heavy (non-hydrogen) atoms. The SMILES string of the molecule is O=C(OCCc1cnc(=O)[nH]c1)c1ccc(F)c(COCC2CC2)c1. The number of nitrogens with zero attached hydrogens (tertiary/aromatic N) is 1. The summed E-state index contributed by atoms with van der Waals surface area (Å²) in [6, 6.07) is 4.11. The molecule has 0 unspecified atom stereocenters. The molecule has 2 aromatic rings. The van der Waals surface area contributed by atoms with Crippen molar-refractivity contribution in [1.82, 2.24) is 9.97 Å². The van der Waals surface area contributed by atoms with Crippen molar-refractivity contribution < 1.29 is 18.7 Å². The van der Waals surface area contributed by atoms with Gasteiger partial charge < -0.3 is 14.5 Å². The van der Waals surface area contributed by atoms with Crippen LogP contribution in [0.25, 0.3) is 0 Å². The summed E-state index contributed by atoms with van der Waals surface area (Å²) in [7, 11) is 0. The number of esters is 1. The fraction of sp³-hybridized carbons (Fsp3) is 0.389. The van der Waals surface area contributed by atoms with Gasteiger partial charge in [-0.1, -0.05) is 0 Å². The second-order valence-corrected chi connectivity index (χ2v) is 6.08. The Hall–Kier alpha value is -2.54. The number of nitrogens with one attached hydrogen (secondary N) is 1. The zero-order valence-electron chi connectivity index (χ0n) is 13.7. The lowest BCUT2D eigenvalue weighted by Gasteiger charge is -2.08. The first-order chi connectivity index (χ1) is 12.1. The lowest BCUT2D eigenvalue weighted by molar-refractivity contribution is 0.0508. The van der Waals surface area contributed by atoms with E-state index in [1.54, 1.807) is 0 Å². The Bertz CT molecular complexity index is 781. The standard InChI is InChI=1S/C18H19FN2O4/c19-16-4-3-14(7-15(16)11-24-10-12-1-2-12)17(22)25-6-5-13-8-20-18(23)21-9-13/h3-4,7-9,12H,1-2,5-6,10-11H2,(H,20,21,23). The number of rotatable bonds is 8. The third kappa shape index (κ3) is 5.22. The van der Waals surface area contributed by atoms with E-state index in [0.29, 0.717) is 24.5 Å².